The van der Waals surface area contributed by atoms with Gasteiger partial charge in [-0.3, -0.25) is 9.59 Å². The topological polar surface area (TPSA) is 131 Å². The summed E-state index contributed by atoms with van der Waals surface area (Å²) in [4.78, 5) is 35.6. The molecule has 0 unspecified atom stereocenters. The zero-order valence-corrected chi connectivity index (χ0v) is 21.2. The van der Waals surface area contributed by atoms with E-state index in [0.29, 0.717) is 28.6 Å². The number of hydrogen-bond donors (Lipinski definition) is 3. The van der Waals surface area contributed by atoms with Crippen molar-refractivity contribution in [3.8, 4) is 11.5 Å². The summed E-state index contributed by atoms with van der Waals surface area (Å²) in [6.07, 6.45) is 0. The van der Waals surface area contributed by atoms with Gasteiger partial charge >= 0.3 is 11.9 Å². The van der Waals surface area contributed by atoms with Crippen molar-refractivity contribution in [2.24, 2.45) is 0 Å². The van der Waals surface area contributed by atoms with Crippen molar-refractivity contribution in [2.75, 3.05) is 39.0 Å². The SMILES string of the molecule is CC(=O)Oc1ccccc1C(=O)O.CCN(CC)CCNC(=O)c1cc(Cl)c(N)cc1OC.Cl. The molecule has 11 heteroatoms. The Hall–Kier alpha value is -3.01. The highest BCUT2D eigenvalue weighted by atomic mass is 35.5. The van der Waals surface area contributed by atoms with Gasteiger partial charge in [-0.1, -0.05) is 37.6 Å². The molecule has 0 aliphatic carbocycles. The summed E-state index contributed by atoms with van der Waals surface area (Å²) >= 11 is 5.95. The number of nitrogens with one attached hydrogen (secondary N) is 1. The minimum Gasteiger partial charge on any atom is -0.496 e. The molecule has 0 fully saturated rings. The van der Waals surface area contributed by atoms with Gasteiger partial charge in [-0.2, -0.15) is 0 Å². The standard InChI is InChI=1S/C14H22ClN3O2.C9H8O4.ClH/c1-4-18(5-2)7-6-17-14(19)10-8-11(15)12(16)9-13(10)20-3;1-6(10)13-8-5-3-2-4-7(8)9(11)12;/h8-9H,4-7,16H2,1-3H3,(H,17,19);2-5H,1H3,(H,11,12);1H. The lowest BCUT2D eigenvalue weighted by Gasteiger charge is -2.18. The number of nitrogens with two attached hydrogens (primary N) is 1. The highest BCUT2D eigenvalue weighted by Gasteiger charge is 2.15. The van der Waals surface area contributed by atoms with E-state index < -0.39 is 11.9 Å². The number of nitrogens with zero attached hydrogens (tertiary/aromatic N) is 1. The maximum atomic E-state index is 12.1. The van der Waals surface area contributed by atoms with Crippen LogP contribution >= 0.6 is 24.0 Å². The second-order valence-electron chi connectivity index (χ2n) is 6.75. The van der Waals surface area contributed by atoms with Crippen molar-refractivity contribution in [2.45, 2.75) is 20.8 Å². The number of rotatable bonds is 9. The molecule has 34 heavy (non-hydrogen) atoms. The van der Waals surface area contributed by atoms with Gasteiger partial charge in [0.1, 0.15) is 17.1 Å². The van der Waals surface area contributed by atoms with Crippen LogP contribution in [0.15, 0.2) is 36.4 Å². The molecule has 0 atom stereocenters. The maximum absolute atomic E-state index is 12.1. The van der Waals surface area contributed by atoms with Crippen LogP contribution in [0.3, 0.4) is 0 Å². The largest absolute Gasteiger partial charge is 0.496 e. The number of carbonyl (C=O) groups excluding carboxylic acids is 2. The number of hydrogen-bond acceptors (Lipinski definition) is 7. The van der Waals surface area contributed by atoms with E-state index in [-0.39, 0.29) is 29.6 Å². The number of esters is 1. The molecule has 0 saturated carbocycles. The van der Waals surface area contributed by atoms with Gasteiger partial charge in [0.2, 0.25) is 0 Å². The van der Waals surface area contributed by atoms with Crippen molar-refractivity contribution in [1.29, 1.82) is 0 Å². The summed E-state index contributed by atoms with van der Waals surface area (Å²) < 4.78 is 9.85. The number of carboxylic acids is 1. The lowest BCUT2D eigenvalue weighted by molar-refractivity contribution is -0.131. The Balaban J connectivity index is 0.000000676. The number of likely N-dealkylation sites (N-methyl/N-ethyl adjacent to an activating group) is 1. The van der Waals surface area contributed by atoms with Gasteiger partial charge in [0.05, 0.1) is 23.4 Å². The Bertz CT molecular complexity index is 968. The van der Waals surface area contributed by atoms with E-state index in [2.05, 4.69) is 28.8 Å². The third-order valence-corrected chi connectivity index (χ3v) is 4.87. The maximum Gasteiger partial charge on any atom is 0.339 e. The van der Waals surface area contributed by atoms with E-state index in [1.807, 2.05) is 0 Å². The highest BCUT2D eigenvalue weighted by molar-refractivity contribution is 6.33. The van der Waals surface area contributed by atoms with Crippen LogP contribution in [0, 0.1) is 0 Å². The minimum absolute atomic E-state index is 0. The van der Waals surface area contributed by atoms with Crippen LogP contribution in [0.25, 0.3) is 0 Å². The van der Waals surface area contributed by atoms with Crippen molar-refractivity contribution < 1.29 is 29.0 Å². The molecule has 2 rings (SSSR count). The average molecular weight is 516 g/mol. The number of ether oxygens (including phenoxy) is 2. The molecule has 0 aliphatic heterocycles. The van der Waals surface area contributed by atoms with Crippen LogP contribution in [-0.4, -0.2) is 61.1 Å². The molecular formula is C23H31Cl2N3O6. The van der Waals surface area contributed by atoms with Crippen LogP contribution in [0.2, 0.25) is 5.02 Å². The molecule has 0 spiro atoms. The Morgan fingerprint density at radius 1 is 1.09 bits per heavy atom. The number of carboxylic acid groups (broad SMARTS) is 1. The van der Waals surface area contributed by atoms with Crippen LogP contribution in [-0.2, 0) is 4.79 Å². The third-order valence-electron chi connectivity index (χ3n) is 4.54. The predicted molar refractivity (Wildman–Crippen MR) is 134 cm³/mol. The fourth-order valence-electron chi connectivity index (χ4n) is 2.77. The second-order valence-corrected chi connectivity index (χ2v) is 7.16. The molecule has 188 valence electrons. The molecule has 0 aromatic heterocycles. The first-order chi connectivity index (χ1) is 15.6. The lowest BCUT2D eigenvalue weighted by Crippen LogP contribution is -2.34. The fourth-order valence-corrected chi connectivity index (χ4v) is 2.93. The van der Waals surface area contributed by atoms with Gasteiger partial charge in [-0.25, -0.2) is 4.79 Å². The number of carbonyl (C=O) groups is 3. The Morgan fingerprint density at radius 3 is 2.24 bits per heavy atom. The molecule has 0 radical (unpaired) electrons. The number of anilines is 1. The van der Waals surface area contributed by atoms with E-state index in [1.165, 1.54) is 32.2 Å². The van der Waals surface area contributed by atoms with Gasteiger partial charge in [0.15, 0.2) is 0 Å². The number of benzene rings is 2. The first kappa shape index (κ1) is 31.0. The molecule has 9 nitrogen and oxygen atoms in total. The highest BCUT2D eigenvalue weighted by Crippen LogP contribution is 2.28. The summed E-state index contributed by atoms with van der Waals surface area (Å²) in [5.74, 6) is -1.36. The summed E-state index contributed by atoms with van der Waals surface area (Å²) in [5, 5.41) is 11.9. The van der Waals surface area contributed by atoms with Crippen LogP contribution in [0.5, 0.6) is 11.5 Å². The molecular weight excluding hydrogens is 485 g/mol. The fraction of sp³-hybridized carbons (Fsp3) is 0.348. The van der Waals surface area contributed by atoms with Gasteiger partial charge < -0.3 is 30.5 Å². The minimum atomic E-state index is -1.11. The summed E-state index contributed by atoms with van der Waals surface area (Å²) in [6.45, 7) is 8.71. The number of aromatic carboxylic acids is 1. The van der Waals surface area contributed by atoms with Crippen molar-refractivity contribution in [1.82, 2.24) is 10.2 Å². The predicted octanol–water partition coefficient (Wildman–Crippen LogP) is 3.73. The number of amides is 1. The first-order valence-corrected chi connectivity index (χ1v) is 10.7. The van der Waals surface area contributed by atoms with Gasteiger partial charge in [-0.15, -0.1) is 12.4 Å². The van der Waals surface area contributed by atoms with E-state index >= 15 is 0 Å². The smallest absolute Gasteiger partial charge is 0.339 e. The quantitative estimate of drug-likeness (QED) is 0.261. The molecule has 4 N–H and O–H groups in total. The second kappa shape index (κ2) is 15.8. The zero-order valence-electron chi connectivity index (χ0n) is 19.6. The third kappa shape index (κ3) is 9.86. The summed E-state index contributed by atoms with van der Waals surface area (Å²) in [6, 6.07) is 9.07. The number of halogens is 2. The van der Waals surface area contributed by atoms with E-state index in [9.17, 15) is 14.4 Å². The Morgan fingerprint density at radius 2 is 1.71 bits per heavy atom. The molecule has 0 heterocycles. The van der Waals surface area contributed by atoms with Crippen LogP contribution in [0.4, 0.5) is 5.69 Å². The van der Waals surface area contributed by atoms with Gasteiger partial charge in [0.25, 0.3) is 5.91 Å². The Labute approximate surface area is 210 Å². The number of para-hydroxylation sites is 1. The van der Waals surface area contributed by atoms with Crippen molar-refractivity contribution >= 4 is 47.5 Å². The van der Waals surface area contributed by atoms with Gasteiger partial charge in [0, 0.05) is 26.1 Å². The van der Waals surface area contributed by atoms with Crippen LogP contribution < -0.4 is 20.5 Å². The van der Waals surface area contributed by atoms with Crippen molar-refractivity contribution in [3.63, 3.8) is 0 Å². The van der Waals surface area contributed by atoms with E-state index in [0.717, 1.165) is 19.6 Å². The monoisotopic (exact) mass is 515 g/mol. The number of methoxy groups -OCH3 is 1. The Kier molecular flexibility index (Phi) is 14.4. The molecule has 0 bridgehead atoms. The van der Waals surface area contributed by atoms with Gasteiger partial charge in [-0.05, 0) is 31.3 Å². The van der Waals surface area contributed by atoms with Crippen molar-refractivity contribution in [3.05, 3.63) is 52.5 Å². The average Bonchev–Trinajstić information content (AvgIpc) is 2.78. The molecule has 0 aliphatic rings. The summed E-state index contributed by atoms with van der Waals surface area (Å²) in [5.41, 5.74) is 6.46. The van der Waals surface area contributed by atoms with Crippen LogP contribution in [0.1, 0.15) is 41.5 Å². The first-order valence-electron chi connectivity index (χ1n) is 10.3. The molecule has 1 amide bonds. The zero-order chi connectivity index (χ0) is 25.0. The summed E-state index contributed by atoms with van der Waals surface area (Å²) in [7, 11) is 1.50. The lowest BCUT2D eigenvalue weighted by atomic mass is 10.1. The molecule has 0 saturated heterocycles. The van der Waals surface area contributed by atoms with E-state index in [1.54, 1.807) is 18.2 Å². The molecule has 2 aromatic carbocycles. The normalized spacial score (nSPS) is 9.82. The molecule has 2 aromatic rings. The number of nitrogen functional groups attached to an aromatic ring is 1. The van der Waals surface area contributed by atoms with E-state index in [4.69, 9.17) is 27.2 Å².